The molecule has 0 fully saturated rings. The lowest BCUT2D eigenvalue weighted by molar-refractivity contribution is -0.112. The average Bonchev–Trinajstić information content (AvgIpc) is 2.15. The standard InChI is InChI=1S/C10H11NO2/c1-8(12)3-4-9-5-10(13-2)7-11-6-9/h3-7H,1-2H3/b4-3+. The second-order valence-electron chi connectivity index (χ2n) is 2.60. The number of hydrogen-bond acceptors (Lipinski definition) is 3. The predicted octanol–water partition coefficient (Wildman–Crippen LogP) is 1.69. The summed E-state index contributed by atoms with van der Waals surface area (Å²) in [6.45, 7) is 1.50. The van der Waals surface area contributed by atoms with Gasteiger partial charge in [-0.05, 0) is 30.7 Å². The molecule has 0 spiro atoms. The van der Waals surface area contributed by atoms with Crippen molar-refractivity contribution in [2.45, 2.75) is 6.92 Å². The van der Waals surface area contributed by atoms with E-state index in [1.807, 2.05) is 6.07 Å². The number of allylic oxidation sites excluding steroid dienone is 1. The zero-order valence-corrected chi connectivity index (χ0v) is 7.65. The van der Waals surface area contributed by atoms with Gasteiger partial charge >= 0.3 is 0 Å². The first kappa shape index (κ1) is 9.45. The summed E-state index contributed by atoms with van der Waals surface area (Å²) in [6, 6.07) is 1.81. The van der Waals surface area contributed by atoms with Crippen molar-refractivity contribution in [3.05, 3.63) is 30.1 Å². The summed E-state index contributed by atoms with van der Waals surface area (Å²) >= 11 is 0. The van der Waals surface area contributed by atoms with Gasteiger partial charge in [0.15, 0.2) is 5.78 Å². The van der Waals surface area contributed by atoms with Crippen LogP contribution in [0, 0.1) is 0 Å². The molecule has 1 rings (SSSR count). The summed E-state index contributed by atoms with van der Waals surface area (Å²) < 4.78 is 4.98. The highest BCUT2D eigenvalue weighted by molar-refractivity contribution is 5.91. The lowest BCUT2D eigenvalue weighted by Crippen LogP contribution is -1.85. The fraction of sp³-hybridized carbons (Fsp3) is 0.200. The minimum absolute atomic E-state index is 0.0165. The maximum Gasteiger partial charge on any atom is 0.152 e. The van der Waals surface area contributed by atoms with Crippen molar-refractivity contribution in [1.29, 1.82) is 0 Å². The first-order valence-corrected chi connectivity index (χ1v) is 3.90. The second kappa shape index (κ2) is 4.40. The molecule has 0 radical (unpaired) electrons. The maximum atomic E-state index is 10.6. The summed E-state index contributed by atoms with van der Waals surface area (Å²) in [5.41, 5.74) is 0.856. The molecule has 0 saturated carbocycles. The Labute approximate surface area is 77.1 Å². The second-order valence-corrected chi connectivity index (χ2v) is 2.60. The van der Waals surface area contributed by atoms with Gasteiger partial charge in [-0.15, -0.1) is 0 Å². The third-order valence-electron chi connectivity index (χ3n) is 1.48. The van der Waals surface area contributed by atoms with E-state index in [0.29, 0.717) is 5.75 Å². The minimum atomic E-state index is 0.0165. The SMILES string of the molecule is COc1cncc(/C=C/C(C)=O)c1. The fourth-order valence-corrected chi connectivity index (χ4v) is 0.852. The molecule has 3 nitrogen and oxygen atoms in total. The molecule has 0 aliphatic rings. The van der Waals surface area contributed by atoms with E-state index in [-0.39, 0.29) is 5.78 Å². The third kappa shape index (κ3) is 3.07. The zero-order valence-electron chi connectivity index (χ0n) is 7.65. The predicted molar refractivity (Wildman–Crippen MR) is 50.5 cm³/mol. The molecule has 0 atom stereocenters. The van der Waals surface area contributed by atoms with Gasteiger partial charge in [0.25, 0.3) is 0 Å². The van der Waals surface area contributed by atoms with Gasteiger partial charge in [-0.1, -0.05) is 0 Å². The molecule has 1 aromatic heterocycles. The molecule has 0 N–H and O–H groups in total. The van der Waals surface area contributed by atoms with Gasteiger partial charge in [-0.3, -0.25) is 9.78 Å². The number of ether oxygens (including phenoxy) is 1. The summed E-state index contributed by atoms with van der Waals surface area (Å²) in [5, 5.41) is 0. The molecule has 0 unspecified atom stereocenters. The highest BCUT2D eigenvalue weighted by atomic mass is 16.5. The Kier molecular flexibility index (Phi) is 3.20. The van der Waals surface area contributed by atoms with Gasteiger partial charge in [-0.2, -0.15) is 0 Å². The number of ketones is 1. The highest BCUT2D eigenvalue weighted by Gasteiger charge is 1.92. The molecule has 0 amide bonds. The van der Waals surface area contributed by atoms with Gasteiger partial charge in [-0.25, -0.2) is 0 Å². The normalized spacial score (nSPS) is 10.3. The van der Waals surface area contributed by atoms with Gasteiger partial charge < -0.3 is 4.74 Å². The Morgan fingerprint density at radius 1 is 1.54 bits per heavy atom. The van der Waals surface area contributed by atoms with Crippen LogP contribution < -0.4 is 4.74 Å². The molecule has 68 valence electrons. The van der Waals surface area contributed by atoms with Crippen molar-refractivity contribution >= 4 is 11.9 Å². The number of rotatable bonds is 3. The first-order chi connectivity index (χ1) is 6.22. The summed E-state index contributed by atoms with van der Waals surface area (Å²) in [7, 11) is 1.58. The van der Waals surface area contributed by atoms with E-state index in [0.717, 1.165) is 5.56 Å². The van der Waals surface area contributed by atoms with Gasteiger partial charge in [0.05, 0.1) is 13.3 Å². The zero-order chi connectivity index (χ0) is 9.68. The molecule has 0 bridgehead atoms. The van der Waals surface area contributed by atoms with Crippen molar-refractivity contribution in [3.63, 3.8) is 0 Å². The van der Waals surface area contributed by atoms with E-state index in [1.54, 1.807) is 25.6 Å². The fourth-order valence-electron chi connectivity index (χ4n) is 0.852. The number of carbonyl (C=O) groups excluding carboxylic acids is 1. The van der Waals surface area contributed by atoms with Crippen molar-refractivity contribution < 1.29 is 9.53 Å². The van der Waals surface area contributed by atoms with Crippen LogP contribution in [-0.2, 0) is 4.79 Å². The van der Waals surface area contributed by atoms with Crippen LogP contribution in [0.25, 0.3) is 6.08 Å². The number of aromatic nitrogens is 1. The van der Waals surface area contributed by atoms with E-state index in [2.05, 4.69) is 4.98 Å². The molecule has 1 aromatic rings. The van der Waals surface area contributed by atoms with Crippen LogP contribution in [0.2, 0.25) is 0 Å². The Morgan fingerprint density at radius 3 is 2.92 bits per heavy atom. The van der Waals surface area contributed by atoms with Crippen molar-refractivity contribution in [2.75, 3.05) is 7.11 Å². The Balaban J connectivity index is 2.83. The van der Waals surface area contributed by atoms with E-state index in [4.69, 9.17) is 4.74 Å². The van der Waals surface area contributed by atoms with Crippen molar-refractivity contribution in [1.82, 2.24) is 4.98 Å². The van der Waals surface area contributed by atoms with E-state index < -0.39 is 0 Å². The molecule has 1 heterocycles. The van der Waals surface area contributed by atoms with Crippen LogP contribution in [0.15, 0.2) is 24.5 Å². The lowest BCUT2D eigenvalue weighted by atomic mass is 10.2. The van der Waals surface area contributed by atoms with Gasteiger partial charge in [0.2, 0.25) is 0 Å². The minimum Gasteiger partial charge on any atom is -0.495 e. The third-order valence-corrected chi connectivity index (χ3v) is 1.48. The Bertz CT molecular complexity index is 331. The molecular weight excluding hydrogens is 166 g/mol. The number of methoxy groups -OCH3 is 1. The maximum absolute atomic E-state index is 10.6. The largest absolute Gasteiger partial charge is 0.495 e. The first-order valence-electron chi connectivity index (χ1n) is 3.90. The molecule has 0 saturated heterocycles. The van der Waals surface area contributed by atoms with Crippen molar-refractivity contribution in [3.8, 4) is 5.75 Å². The summed E-state index contributed by atoms with van der Waals surface area (Å²) in [6.07, 6.45) is 6.49. The number of hydrogen-bond donors (Lipinski definition) is 0. The summed E-state index contributed by atoms with van der Waals surface area (Å²) in [4.78, 5) is 14.6. The molecular formula is C10H11NO2. The highest BCUT2D eigenvalue weighted by Crippen LogP contribution is 2.11. The lowest BCUT2D eigenvalue weighted by Gasteiger charge is -1.98. The van der Waals surface area contributed by atoms with Crippen LogP contribution in [0.4, 0.5) is 0 Å². The van der Waals surface area contributed by atoms with Crippen LogP contribution in [0.5, 0.6) is 5.75 Å². The Hall–Kier alpha value is -1.64. The Morgan fingerprint density at radius 2 is 2.31 bits per heavy atom. The molecule has 0 aromatic carbocycles. The topological polar surface area (TPSA) is 39.2 Å². The number of pyridine rings is 1. The van der Waals surface area contributed by atoms with Crippen LogP contribution in [0.1, 0.15) is 12.5 Å². The van der Waals surface area contributed by atoms with Gasteiger partial charge in [0.1, 0.15) is 5.75 Å². The quantitative estimate of drug-likeness (QED) is 0.659. The van der Waals surface area contributed by atoms with Crippen LogP contribution in [0.3, 0.4) is 0 Å². The van der Waals surface area contributed by atoms with E-state index in [9.17, 15) is 4.79 Å². The monoisotopic (exact) mass is 177 g/mol. The van der Waals surface area contributed by atoms with Gasteiger partial charge in [0, 0.05) is 6.20 Å². The van der Waals surface area contributed by atoms with E-state index >= 15 is 0 Å². The van der Waals surface area contributed by atoms with Crippen LogP contribution >= 0.6 is 0 Å². The average molecular weight is 177 g/mol. The van der Waals surface area contributed by atoms with E-state index in [1.165, 1.54) is 13.0 Å². The van der Waals surface area contributed by atoms with Crippen LogP contribution in [-0.4, -0.2) is 17.9 Å². The summed E-state index contributed by atoms with van der Waals surface area (Å²) in [5.74, 6) is 0.702. The molecule has 13 heavy (non-hydrogen) atoms. The number of nitrogens with zero attached hydrogens (tertiary/aromatic N) is 1. The smallest absolute Gasteiger partial charge is 0.152 e. The molecule has 3 heteroatoms. The van der Waals surface area contributed by atoms with Crippen molar-refractivity contribution in [2.24, 2.45) is 0 Å². The molecule has 0 aliphatic heterocycles. The molecule has 0 aliphatic carbocycles. The number of carbonyl (C=O) groups is 1.